The van der Waals surface area contributed by atoms with Crippen LogP contribution >= 0.6 is 0 Å². The average Bonchev–Trinajstić information content (AvgIpc) is 2.76. The molecule has 0 saturated heterocycles. The van der Waals surface area contributed by atoms with Gasteiger partial charge in [0.15, 0.2) is 0 Å². The van der Waals surface area contributed by atoms with Gasteiger partial charge in [-0.3, -0.25) is 9.59 Å². The number of allylic oxidation sites excluding steroid dienone is 2. The molecule has 0 bridgehead atoms. The minimum absolute atomic E-state index is 0.0203. The lowest BCUT2D eigenvalue weighted by Gasteiger charge is -2.11. The highest BCUT2D eigenvalue weighted by Gasteiger charge is 2.15. The van der Waals surface area contributed by atoms with E-state index in [4.69, 9.17) is 9.84 Å². The molecule has 30 heavy (non-hydrogen) atoms. The van der Waals surface area contributed by atoms with E-state index in [1.807, 2.05) is 6.92 Å². The van der Waals surface area contributed by atoms with E-state index >= 15 is 0 Å². The summed E-state index contributed by atoms with van der Waals surface area (Å²) in [4.78, 5) is 24.8. The Bertz CT molecular complexity index is 965. The summed E-state index contributed by atoms with van der Waals surface area (Å²) in [5.74, 6) is -0.603. The number of hydrogen-bond acceptors (Lipinski definition) is 4. The van der Waals surface area contributed by atoms with Gasteiger partial charge in [-0.25, -0.2) is 4.39 Å². The minimum atomic E-state index is -0.636. The highest BCUT2D eigenvalue weighted by molar-refractivity contribution is 6.05. The van der Waals surface area contributed by atoms with Crippen molar-refractivity contribution in [3.63, 3.8) is 0 Å². The van der Waals surface area contributed by atoms with Gasteiger partial charge >= 0.3 is 0 Å². The molecule has 2 rings (SSSR count). The van der Waals surface area contributed by atoms with Crippen LogP contribution in [0.4, 0.5) is 4.39 Å². The fourth-order valence-corrected chi connectivity index (χ4v) is 2.40. The lowest BCUT2D eigenvalue weighted by molar-refractivity contribution is -0.117. The molecule has 0 spiro atoms. The summed E-state index contributed by atoms with van der Waals surface area (Å²) in [7, 11) is 0. The fourth-order valence-electron chi connectivity index (χ4n) is 2.40. The molecule has 2 aromatic carbocycles. The molecule has 0 radical (unpaired) electrons. The molecule has 3 N–H and O–H groups in total. The largest absolute Gasteiger partial charge is 0.458 e. The molecule has 0 aliphatic carbocycles. The Hall–Kier alpha value is -3.71. The van der Waals surface area contributed by atoms with Gasteiger partial charge in [0, 0.05) is 12.1 Å². The number of nitrogens with one attached hydrogen (secondary N) is 2. The molecule has 2 amide bonds. The molecule has 6 nitrogen and oxygen atoms in total. The molecular formula is C23H23FN2O4. The van der Waals surface area contributed by atoms with Gasteiger partial charge in [-0.2, -0.15) is 0 Å². The molecule has 0 aliphatic rings. The highest BCUT2D eigenvalue weighted by atomic mass is 19.1. The lowest BCUT2D eigenvalue weighted by Crippen LogP contribution is -2.36. The molecule has 156 valence electrons. The topological polar surface area (TPSA) is 87.7 Å². The third kappa shape index (κ3) is 6.72. The first kappa shape index (κ1) is 22.6. The van der Waals surface area contributed by atoms with Crippen LogP contribution in [0.1, 0.15) is 22.8 Å². The fraction of sp³-hybridized carbons (Fsp3) is 0.130. The molecule has 0 unspecified atom stereocenters. The van der Waals surface area contributed by atoms with Gasteiger partial charge < -0.3 is 20.5 Å². The minimum Gasteiger partial charge on any atom is -0.458 e. The Morgan fingerprint density at radius 3 is 2.53 bits per heavy atom. The molecule has 0 aromatic heterocycles. The number of benzene rings is 2. The quantitative estimate of drug-likeness (QED) is 0.337. The lowest BCUT2D eigenvalue weighted by atomic mass is 10.1. The summed E-state index contributed by atoms with van der Waals surface area (Å²) in [6.45, 7) is 5.25. The number of aliphatic hydroxyl groups excluding tert-OH is 1. The molecule has 7 heteroatoms. The van der Waals surface area contributed by atoms with Crippen molar-refractivity contribution in [3.05, 3.63) is 95.7 Å². The second kappa shape index (κ2) is 11.3. The zero-order chi connectivity index (χ0) is 21.9. The Balaban J connectivity index is 2.25. The average molecular weight is 410 g/mol. The van der Waals surface area contributed by atoms with E-state index in [0.717, 1.165) is 6.07 Å². The normalized spacial score (nSPS) is 11.6. The Labute approximate surface area is 174 Å². The molecule has 0 heterocycles. The van der Waals surface area contributed by atoms with Crippen molar-refractivity contribution in [1.29, 1.82) is 0 Å². The number of ether oxygens (including phenoxy) is 1. The van der Waals surface area contributed by atoms with Gasteiger partial charge in [0.2, 0.25) is 0 Å². The van der Waals surface area contributed by atoms with E-state index < -0.39 is 17.6 Å². The zero-order valence-electron chi connectivity index (χ0n) is 16.5. The van der Waals surface area contributed by atoms with Crippen molar-refractivity contribution in [2.75, 3.05) is 13.2 Å². The van der Waals surface area contributed by atoms with Gasteiger partial charge in [-0.15, -0.1) is 0 Å². The number of amides is 2. The van der Waals surface area contributed by atoms with E-state index in [-0.39, 0.29) is 24.4 Å². The van der Waals surface area contributed by atoms with Crippen LogP contribution < -0.4 is 15.4 Å². The van der Waals surface area contributed by atoms with E-state index in [1.54, 1.807) is 36.4 Å². The van der Waals surface area contributed by atoms with Crippen molar-refractivity contribution in [3.8, 4) is 5.75 Å². The summed E-state index contributed by atoms with van der Waals surface area (Å²) in [6, 6.07) is 12.0. The first-order chi connectivity index (χ1) is 14.5. The first-order valence-corrected chi connectivity index (χ1v) is 9.21. The summed E-state index contributed by atoms with van der Waals surface area (Å²) in [5.41, 5.74) is 0.645. The summed E-state index contributed by atoms with van der Waals surface area (Å²) < 4.78 is 19.0. The molecule has 0 fully saturated rings. The van der Waals surface area contributed by atoms with Crippen LogP contribution in [0.15, 0.2) is 78.7 Å². The number of rotatable bonds is 9. The van der Waals surface area contributed by atoms with Crippen molar-refractivity contribution in [1.82, 2.24) is 10.6 Å². The van der Waals surface area contributed by atoms with E-state index in [9.17, 15) is 14.0 Å². The SMILES string of the molecule is C=C/C(=C/C)Oc1ccc(/C=C(\NC(=O)c2cccc(F)c2)C(=O)NCCO)cc1. The van der Waals surface area contributed by atoms with Gasteiger partial charge in [-0.05, 0) is 61.0 Å². The van der Waals surface area contributed by atoms with Crippen molar-refractivity contribution < 1.29 is 23.8 Å². The maximum atomic E-state index is 13.4. The Kier molecular flexibility index (Phi) is 8.53. The summed E-state index contributed by atoms with van der Waals surface area (Å²) in [6.07, 6.45) is 4.82. The van der Waals surface area contributed by atoms with E-state index in [0.29, 0.717) is 17.1 Å². The number of halogens is 1. The molecule has 0 aliphatic heterocycles. The number of hydrogen-bond donors (Lipinski definition) is 3. The van der Waals surface area contributed by atoms with E-state index in [1.165, 1.54) is 24.3 Å². The number of carbonyl (C=O) groups is 2. The van der Waals surface area contributed by atoms with Crippen molar-refractivity contribution in [2.24, 2.45) is 0 Å². The van der Waals surface area contributed by atoms with Crippen LogP contribution in [-0.4, -0.2) is 30.1 Å². The van der Waals surface area contributed by atoms with Crippen LogP contribution in [0.2, 0.25) is 0 Å². The molecule has 0 atom stereocenters. The van der Waals surface area contributed by atoms with Crippen molar-refractivity contribution in [2.45, 2.75) is 6.92 Å². The van der Waals surface area contributed by atoms with Crippen LogP contribution in [0, 0.1) is 5.82 Å². The zero-order valence-corrected chi connectivity index (χ0v) is 16.5. The smallest absolute Gasteiger partial charge is 0.267 e. The molecule has 2 aromatic rings. The predicted octanol–water partition coefficient (Wildman–Crippen LogP) is 3.17. The van der Waals surface area contributed by atoms with Crippen molar-refractivity contribution >= 4 is 17.9 Å². The Morgan fingerprint density at radius 2 is 1.93 bits per heavy atom. The monoisotopic (exact) mass is 410 g/mol. The summed E-state index contributed by atoms with van der Waals surface area (Å²) in [5, 5.41) is 13.9. The molecule has 0 saturated carbocycles. The Morgan fingerprint density at radius 1 is 1.20 bits per heavy atom. The highest BCUT2D eigenvalue weighted by Crippen LogP contribution is 2.17. The third-order valence-corrected chi connectivity index (χ3v) is 3.89. The van der Waals surface area contributed by atoms with Crippen LogP contribution in [-0.2, 0) is 4.79 Å². The van der Waals surface area contributed by atoms with Crippen LogP contribution in [0.5, 0.6) is 5.75 Å². The third-order valence-electron chi connectivity index (χ3n) is 3.89. The van der Waals surface area contributed by atoms with Crippen LogP contribution in [0.25, 0.3) is 6.08 Å². The number of carbonyl (C=O) groups excluding carboxylic acids is 2. The first-order valence-electron chi connectivity index (χ1n) is 9.21. The maximum Gasteiger partial charge on any atom is 0.267 e. The second-order valence-electron chi connectivity index (χ2n) is 6.07. The van der Waals surface area contributed by atoms with Gasteiger partial charge in [0.05, 0.1) is 6.61 Å². The van der Waals surface area contributed by atoms with Crippen LogP contribution in [0.3, 0.4) is 0 Å². The summed E-state index contributed by atoms with van der Waals surface area (Å²) >= 11 is 0. The number of aliphatic hydroxyl groups is 1. The van der Waals surface area contributed by atoms with E-state index in [2.05, 4.69) is 17.2 Å². The van der Waals surface area contributed by atoms with Gasteiger partial charge in [-0.1, -0.05) is 24.8 Å². The predicted molar refractivity (Wildman–Crippen MR) is 113 cm³/mol. The second-order valence-corrected chi connectivity index (χ2v) is 6.07. The standard InChI is InChI=1S/C23H23FN2O4/c1-3-19(4-2)30-20-10-8-16(9-11-20)14-21(23(29)25-12-13-27)26-22(28)17-6-5-7-18(24)15-17/h3-11,14-15,27H,1,12-13H2,2H3,(H,25,29)(H,26,28)/b19-4-,21-14-. The maximum absolute atomic E-state index is 13.4. The van der Waals surface area contributed by atoms with Gasteiger partial charge in [0.25, 0.3) is 11.8 Å². The molecular weight excluding hydrogens is 387 g/mol. The van der Waals surface area contributed by atoms with Gasteiger partial charge in [0.1, 0.15) is 23.0 Å².